The van der Waals surface area contributed by atoms with Gasteiger partial charge in [0.05, 0.1) is 15.3 Å². The molecule has 2 N–H and O–H groups in total. The monoisotopic (exact) mass is 294 g/mol. The normalized spacial score (nSPS) is 12.0. The molecule has 1 aromatic heterocycles. The molecule has 0 saturated heterocycles. The Morgan fingerprint density at radius 3 is 2.63 bits per heavy atom. The summed E-state index contributed by atoms with van der Waals surface area (Å²) in [5, 5.41) is 14.3. The standard InChI is InChI=1S/C9H6ClF3N4O2/c10-4-1-2-5(17(18)19)7-6(4)8(14)15-16(7)3-9(11,12)13/h1-2H,3H2,(H2,14,15). The van der Waals surface area contributed by atoms with Gasteiger partial charge in [-0.1, -0.05) is 11.6 Å². The molecule has 0 unspecified atom stereocenters. The van der Waals surface area contributed by atoms with Gasteiger partial charge in [-0.3, -0.25) is 10.1 Å². The Hall–Kier alpha value is -2.03. The number of nitro groups is 1. The Morgan fingerprint density at radius 1 is 1.47 bits per heavy atom. The van der Waals surface area contributed by atoms with Crippen molar-refractivity contribution < 1.29 is 18.1 Å². The molecule has 0 bridgehead atoms. The van der Waals surface area contributed by atoms with Gasteiger partial charge in [0.2, 0.25) is 0 Å². The first kappa shape index (κ1) is 13.4. The van der Waals surface area contributed by atoms with E-state index in [1.807, 2.05) is 0 Å². The van der Waals surface area contributed by atoms with Crippen molar-refractivity contribution in [3.05, 3.63) is 27.3 Å². The van der Waals surface area contributed by atoms with Gasteiger partial charge in [0.15, 0.2) is 5.82 Å². The first-order valence-electron chi connectivity index (χ1n) is 4.86. The number of hydrogen-bond acceptors (Lipinski definition) is 4. The van der Waals surface area contributed by atoms with Crippen LogP contribution in [0.15, 0.2) is 12.1 Å². The number of hydrogen-bond donors (Lipinski definition) is 1. The van der Waals surface area contributed by atoms with Gasteiger partial charge in [-0.15, -0.1) is 0 Å². The highest BCUT2D eigenvalue weighted by atomic mass is 35.5. The highest BCUT2D eigenvalue weighted by Gasteiger charge is 2.32. The number of anilines is 1. The first-order chi connectivity index (χ1) is 8.70. The van der Waals surface area contributed by atoms with E-state index in [0.29, 0.717) is 4.68 Å². The molecule has 6 nitrogen and oxygen atoms in total. The number of alkyl halides is 3. The third-order valence-electron chi connectivity index (χ3n) is 2.37. The summed E-state index contributed by atoms with van der Waals surface area (Å²) < 4.78 is 37.7. The summed E-state index contributed by atoms with van der Waals surface area (Å²) in [6.07, 6.45) is -4.58. The Morgan fingerprint density at radius 2 is 2.11 bits per heavy atom. The van der Waals surface area contributed by atoms with E-state index in [2.05, 4.69) is 5.10 Å². The molecule has 0 amide bonds. The van der Waals surface area contributed by atoms with Crippen molar-refractivity contribution in [3.8, 4) is 0 Å². The number of halogens is 4. The van der Waals surface area contributed by atoms with Crippen molar-refractivity contribution in [1.82, 2.24) is 9.78 Å². The van der Waals surface area contributed by atoms with E-state index < -0.39 is 23.3 Å². The Balaban J connectivity index is 2.79. The van der Waals surface area contributed by atoms with Gasteiger partial charge in [-0.05, 0) is 6.07 Å². The predicted molar refractivity (Wildman–Crippen MR) is 61.9 cm³/mol. The van der Waals surface area contributed by atoms with Crippen molar-refractivity contribution in [2.24, 2.45) is 0 Å². The van der Waals surface area contributed by atoms with E-state index in [4.69, 9.17) is 17.3 Å². The van der Waals surface area contributed by atoms with Gasteiger partial charge in [0.25, 0.3) is 5.69 Å². The minimum Gasteiger partial charge on any atom is -0.382 e. The van der Waals surface area contributed by atoms with Crippen LogP contribution in [-0.4, -0.2) is 20.9 Å². The molecular weight excluding hydrogens is 289 g/mol. The highest BCUT2D eigenvalue weighted by Crippen LogP contribution is 2.36. The number of nitrogens with zero attached hydrogens (tertiary/aromatic N) is 3. The topological polar surface area (TPSA) is 87.0 Å². The number of nitrogens with two attached hydrogens (primary N) is 1. The van der Waals surface area contributed by atoms with E-state index in [9.17, 15) is 23.3 Å². The van der Waals surface area contributed by atoms with Crippen molar-refractivity contribution in [3.63, 3.8) is 0 Å². The fraction of sp³-hybridized carbons (Fsp3) is 0.222. The molecule has 102 valence electrons. The summed E-state index contributed by atoms with van der Waals surface area (Å²) >= 11 is 5.79. The van der Waals surface area contributed by atoms with Gasteiger partial charge in [-0.2, -0.15) is 18.3 Å². The lowest BCUT2D eigenvalue weighted by molar-refractivity contribution is -0.383. The van der Waals surface area contributed by atoms with E-state index >= 15 is 0 Å². The molecule has 2 rings (SSSR count). The molecule has 0 atom stereocenters. The molecule has 2 aromatic rings. The van der Waals surface area contributed by atoms with Crippen LogP contribution in [0.5, 0.6) is 0 Å². The number of non-ortho nitro benzene ring substituents is 1. The van der Waals surface area contributed by atoms with Crippen molar-refractivity contribution in [2.75, 3.05) is 5.73 Å². The minimum absolute atomic E-state index is 0.00604. The third kappa shape index (κ3) is 2.41. The molecule has 0 radical (unpaired) electrons. The molecule has 0 aliphatic rings. The quantitative estimate of drug-likeness (QED) is 0.681. The van der Waals surface area contributed by atoms with E-state index in [-0.39, 0.29) is 21.7 Å². The molecule has 0 saturated carbocycles. The van der Waals surface area contributed by atoms with Crippen molar-refractivity contribution >= 4 is 34.0 Å². The molecule has 10 heteroatoms. The van der Waals surface area contributed by atoms with Crippen molar-refractivity contribution in [2.45, 2.75) is 12.7 Å². The van der Waals surface area contributed by atoms with Crippen LogP contribution >= 0.6 is 11.6 Å². The Labute approximate surface area is 108 Å². The Kier molecular flexibility index (Phi) is 3.01. The van der Waals surface area contributed by atoms with Crippen LogP contribution in [0.4, 0.5) is 24.7 Å². The maximum Gasteiger partial charge on any atom is 0.408 e. The van der Waals surface area contributed by atoms with Gasteiger partial charge in [-0.25, -0.2) is 4.68 Å². The van der Waals surface area contributed by atoms with Crippen LogP contribution in [0, 0.1) is 10.1 Å². The average molecular weight is 295 g/mol. The molecule has 1 aromatic carbocycles. The summed E-state index contributed by atoms with van der Waals surface area (Å²) in [4.78, 5) is 10.0. The summed E-state index contributed by atoms with van der Waals surface area (Å²) in [5.41, 5.74) is 4.58. The fourth-order valence-electron chi connectivity index (χ4n) is 1.72. The van der Waals surface area contributed by atoms with Crippen LogP contribution in [0.3, 0.4) is 0 Å². The van der Waals surface area contributed by atoms with Gasteiger partial charge in [0.1, 0.15) is 12.1 Å². The second-order valence-electron chi connectivity index (χ2n) is 3.71. The molecule has 0 aliphatic heterocycles. The second-order valence-corrected chi connectivity index (χ2v) is 4.11. The smallest absolute Gasteiger partial charge is 0.382 e. The zero-order chi connectivity index (χ0) is 14.4. The summed E-state index contributed by atoms with van der Waals surface area (Å²) in [6.45, 7) is -1.48. The highest BCUT2D eigenvalue weighted by molar-refractivity contribution is 6.36. The first-order valence-corrected chi connectivity index (χ1v) is 5.24. The number of fused-ring (bicyclic) bond motifs is 1. The zero-order valence-corrected chi connectivity index (χ0v) is 9.87. The minimum atomic E-state index is -4.58. The summed E-state index contributed by atoms with van der Waals surface area (Å²) in [6, 6.07) is 2.21. The number of nitro benzene ring substituents is 1. The van der Waals surface area contributed by atoms with Crippen LogP contribution < -0.4 is 5.73 Å². The predicted octanol–water partition coefficient (Wildman–Crippen LogP) is 2.74. The number of aromatic nitrogens is 2. The largest absolute Gasteiger partial charge is 0.408 e. The average Bonchev–Trinajstić information content (AvgIpc) is 2.54. The lowest BCUT2D eigenvalue weighted by atomic mass is 10.2. The summed E-state index contributed by atoms with van der Waals surface area (Å²) in [5.74, 6) is -0.284. The number of nitrogen functional groups attached to an aromatic ring is 1. The number of rotatable bonds is 2. The van der Waals surface area contributed by atoms with Crippen LogP contribution in [-0.2, 0) is 6.54 Å². The maximum atomic E-state index is 12.4. The van der Waals surface area contributed by atoms with Gasteiger partial charge >= 0.3 is 6.18 Å². The maximum absolute atomic E-state index is 12.4. The van der Waals surface area contributed by atoms with E-state index in [1.165, 1.54) is 6.07 Å². The molecule has 0 aliphatic carbocycles. The third-order valence-corrected chi connectivity index (χ3v) is 2.69. The molecular formula is C9H6ClF3N4O2. The van der Waals surface area contributed by atoms with Crippen molar-refractivity contribution in [1.29, 1.82) is 0 Å². The lowest BCUT2D eigenvalue weighted by Gasteiger charge is -2.07. The van der Waals surface area contributed by atoms with Gasteiger partial charge in [0, 0.05) is 6.07 Å². The number of benzene rings is 1. The van der Waals surface area contributed by atoms with Gasteiger partial charge < -0.3 is 5.73 Å². The van der Waals surface area contributed by atoms with Crippen LogP contribution in [0.2, 0.25) is 5.02 Å². The van der Waals surface area contributed by atoms with E-state index in [1.54, 1.807) is 0 Å². The van der Waals surface area contributed by atoms with Crippen LogP contribution in [0.25, 0.3) is 10.9 Å². The Bertz CT molecular complexity index is 668. The SMILES string of the molecule is Nc1nn(CC(F)(F)F)c2c([N+](=O)[O-])ccc(Cl)c12. The molecule has 1 heterocycles. The van der Waals surface area contributed by atoms with E-state index in [0.717, 1.165) is 6.07 Å². The summed E-state index contributed by atoms with van der Waals surface area (Å²) in [7, 11) is 0. The molecule has 0 fully saturated rings. The molecule has 0 spiro atoms. The molecule has 19 heavy (non-hydrogen) atoms. The fourth-order valence-corrected chi connectivity index (χ4v) is 1.97. The zero-order valence-electron chi connectivity index (χ0n) is 9.11. The lowest BCUT2D eigenvalue weighted by Crippen LogP contribution is -2.19. The second kappa shape index (κ2) is 4.26. The van der Waals surface area contributed by atoms with Crippen LogP contribution in [0.1, 0.15) is 0 Å².